The van der Waals surface area contributed by atoms with Gasteiger partial charge in [0.2, 0.25) is 0 Å². The highest BCUT2D eigenvalue weighted by Crippen LogP contribution is 2.39. The summed E-state index contributed by atoms with van der Waals surface area (Å²) in [4.78, 5) is 0. The molecule has 1 heterocycles. The number of furan rings is 1. The molecule has 0 saturated carbocycles. The van der Waals surface area contributed by atoms with Gasteiger partial charge in [-0.15, -0.1) is 0 Å². The maximum atomic E-state index is 6.39. The van der Waals surface area contributed by atoms with Crippen molar-refractivity contribution in [3.63, 3.8) is 0 Å². The number of allylic oxidation sites excluding steroid dienone is 1. The van der Waals surface area contributed by atoms with Crippen LogP contribution in [0.1, 0.15) is 44.1 Å². The van der Waals surface area contributed by atoms with Gasteiger partial charge in [0, 0.05) is 16.5 Å². The van der Waals surface area contributed by atoms with E-state index >= 15 is 0 Å². The average Bonchev–Trinajstić information content (AvgIpc) is 3.43. The molecule has 0 amide bonds. The van der Waals surface area contributed by atoms with Crippen LogP contribution in [0.15, 0.2) is 126 Å². The largest absolute Gasteiger partial charge is 0.456 e. The SMILES string of the molecule is CC(C)(C)c1ccc2c(ccc3cc(-c4cccc(-c5cccc(-c6cccc7c8c(oc67)C=CCC8)c5)c4)ccc32)c1. The van der Waals surface area contributed by atoms with Crippen molar-refractivity contribution >= 4 is 38.6 Å². The quantitative estimate of drug-likeness (QED) is 0.198. The van der Waals surface area contributed by atoms with Gasteiger partial charge in [-0.1, -0.05) is 124 Å². The van der Waals surface area contributed by atoms with Gasteiger partial charge < -0.3 is 4.42 Å². The van der Waals surface area contributed by atoms with Crippen LogP contribution in [0.3, 0.4) is 0 Å². The minimum absolute atomic E-state index is 0.140. The van der Waals surface area contributed by atoms with Crippen molar-refractivity contribution < 1.29 is 4.42 Å². The molecule has 0 radical (unpaired) electrons. The van der Waals surface area contributed by atoms with E-state index in [-0.39, 0.29) is 5.41 Å². The van der Waals surface area contributed by atoms with Crippen LogP contribution in [-0.2, 0) is 11.8 Å². The summed E-state index contributed by atoms with van der Waals surface area (Å²) in [5.74, 6) is 1.01. The number of rotatable bonds is 3. The summed E-state index contributed by atoms with van der Waals surface area (Å²) < 4.78 is 6.39. The van der Waals surface area contributed by atoms with Gasteiger partial charge in [0.05, 0.1) is 0 Å². The van der Waals surface area contributed by atoms with Gasteiger partial charge in [-0.2, -0.15) is 0 Å². The van der Waals surface area contributed by atoms with E-state index in [9.17, 15) is 0 Å². The van der Waals surface area contributed by atoms with Crippen molar-refractivity contribution in [2.45, 2.75) is 39.0 Å². The Balaban J connectivity index is 1.16. The number of aryl methyl sites for hydroxylation is 1. The van der Waals surface area contributed by atoms with Gasteiger partial charge in [0.25, 0.3) is 0 Å². The van der Waals surface area contributed by atoms with Gasteiger partial charge in [-0.3, -0.25) is 0 Å². The Bertz CT molecular complexity index is 2220. The van der Waals surface area contributed by atoms with E-state index in [1.165, 1.54) is 65.9 Å². The molecular formula is C42H34O. The minimum atomic E-state index is 0.140. The van der Waals surface area contributed by atoms with Crippen LogP contribution in [0.5, 0.6) is 0 Å². The molecule has 0 fully saturated rings. The first-order valence-electron chi connectivity index (χ1n) is 15.3. The average molecular weight is 555 g/mol. The fourth-order valence-corrected chi connectivity index (χ4v) is 6.69. The Kier molecular flexibility index (Phi) is 5.91. The third kappa shape index (κ3) is 4.48. The Morgan fingerprint density at radius 2 is 1.19 bits per heavy atom. The lowest BCUT2D eigenvalue weighted by Crippen LogP contribution is -2.10. The summed E-state index contributed by atoms with van der Waals surface area (Å²) >= 11 is 0. The van der Waals surface area contributed by atoms with Crippen LogP contribution in [0.4, 0.5) is 0 Å². The Morgan fingerprint density at radius 1 is 0.558 bits per heavy atom. The summed E-state index contributed by atoms with van der Waals surface area (Å²) in [6.45, 7) is 6.82. The summed E-state index contributed by atoms with van der Waals surface area (Å²) in [5.41, 5.74) is 11.0. The zero-order chi connectivity index (χ0) is 29.1. The van der Waals surface area contributed by atoms with E-state index in [1.54, 1.807) is 0 Å². The molecule has 1 aliphatic carbocycles. The molecule has 1 aromatic heterocycles. The van der Waals surface area contributed by atoms with Crippen LogP contribution in [0.2, 0.25) is 0 Å². The lowest BCUT2D eigenvalue weighted by atomic mass is 9.85. The van der Waals surface area contributed by atoms with E-state index < -0.39 is 0 Å². The molecule has 1 heteroatoms. The monoisotopic (exact) mass is 554 g/mol. The molecule has 0 N–H and O–H groups in total. The summed E-state index contributed by atoms with van der Waals surface area (Å²) in [6.07, 6.45) is 6.45. The summed E-state index contributed by atoms with van der Waals surface area (Å²) in [5, 5.41) is 6.42. The molecule has 0 unspecified atom stereocenters. The standard InChI is InChI=1S/C42H34O/c1-42(2,3)34-20-22-36-33(26-34)18-17-32-25-30(19-21-35(32)36)28-10-6-9-27(23-28)29-11-7-12-31(24-29)37-14-8-15-39-38-13-4-5-16-40(38)43-41(37)39/h5-12,14-26H,4,13H2,1-3H3. The fraction of sp³-hybridized carbons (Fsp3) is 0.143. The van der Waals surface area contributed by atoms with Crippen molar-refractivity contribution in [1.82, 2.24) is 0 Å². The number of para-hydroxylation sites is 1. The number of hydrogen-bond donors (Lipinski definition) is 0. The Labute approximate surface area is 253 Å². The first kappa shape index (κ1) is 25.8. The number of fused-ring (bicyclic) bond motifs is 6. The summed E-state index contributed by atoms with van der Waals surface area (Å²) in [6, 6.07) is 42.6. The lowest BCUT2D eigenvalue weighted by Gasteiger charge is -2.20. The topological polar surface area (TPSA) is 13.1 Å². The van der Waals surface area contributed by atoms with Gasteiger partial charge >= 0.3 is 0 Å². The van der Waals surface area contributed by atoms with Gasteiger partial charge in [0.1, 0.15) is 11.3 Å². The first-order chi connectivity index (χ1) is 20.9. The van der Waals surface area contributed by atoms with Crippen molar-refractivity contribution in [2.75, 3.05) is 0 Å². The van der Waals surface area contributed by atoms with E-state index in [4.69, 9.17) is 4.42 Å². The highest BCUT2D eigenvalue weighted by Gasteiger charge is 2.18. The highest BCUT2D eigenvalue weighted by atomic mass is 16.3. The van der Waals surface area contributed by atoms with Crippen LogP contribution in [-0.4, -0.2) is 0 Å². The lowest BCUT2D eigenvalue weighted by molar-refractivity contribution is 0.591. The van der Waals surface area contributed by atoms with Gasteiger partial charge in [0.15, 0.2) is 0 Å². The van der Waals surface area contributed by atoms with Gasteiger partial charge in [-0.25, -0.2) is 0 Å². The second-order valence-electron chi connectivity index (χ2n) is 12.9. The molecule has 208 valence electrons. The number of hydrogen-bond acceptors (Lipinski definition) is 1. The van der Waals surface area contributed by atoms with Crippen LogP contribution in [0, 0.1) is 0 Å². The zero-order valence-electron chi connectivity index (χ0n) is 24.9. The molecule has 0 bridgehead atoms. The van der Waals surface area contributed by atoms with E-state index in [2.05, 4.69) is 148 Å². The molecule has 7 aromatic rings. The third-order valence-corrected chi connectivity index (χ3v) is 9.08. The number of benzene rings is 6. The van der Waals surface area contributed by atoms with Crippen molar-refractivity contribution in [3.8, 4) is 33.4 Å². The molecule has 1 nitrogen and oxygen atoms in total. The Hall–Kier alpha value is -4.88. The minimum Gasteiger partial charge on any atom is -0.456 e. The second kappa shape index (κ2) is 9.85. The molecule has 8 rings (SSSR count). The molecule has 0 atom stereocenters. The Morgan fingerprint density at radius 3 is 1.93 bits per heavy atom. The van der Waals surface area contributed by atoms with Gasteiger partial charge in [-0.05, 0) is 97.5 Å². The van der Waals surface area contributed by atoms with Crippen molar-refractivity contribution in [1.29, 1.82) is 0 Å². The normalized spacial score (nSPS) is 13.2. The predicted octanol–water partition coefficient (Wildman–Crippen LogP) is 12.0. The molecule has 0 saturated heterocycles. The van der Waals surface area contributed by atoms with E-state index in [1.807, 2.05) is 0 Å². The van der Waals surface area contributed by atoms with Crippen molar-refractivity contribution in [3.05, 3.63) is 138 Å². The van der Waals surface area contributed by atoms with E-state index in [0.29, 0.717) is 0 Å². The van der Waals surface area contributed by atoms with Crippen LogP contribution >= 0.6 is 0 Å². The predicted molar refractivity (Wildman–Crippen MR) is 184 cm³/mol. The fourth-order valence-electron chi connectivity index (χ4n) is 6.69. The molecule has 6 aromatic carbocycles. The summed E-state index contributed by atoms with van der Waals surface area (Å²) in [7, 11) is 0. The smallest absolute Gasteiger partial charge is 0.142 e. The first-order valence-corrected chi connectivity index (χ1v) is 15.3. The molecule has 1 aliphatic rings. The van der Waals surface area contributed by atoms with Crippen LogP contribution < -0.4 is 0 Å². The zero-order valence-corrected chi connectivity index (χ0v) is 24.9. The van der Waals surface area contributed by atoms with Crippen LogP contribution in [0.25, 0.3) is 72.0 Å². The molecule has 43 heavy (non-hydrogen) atoms. The second-order valence-corrected chi connectivity index (χ2v) is 12.9. The van der Waals surface area contributed by atoms with Crippen molar-refractivity contribution in [2.24, 2.45) is 0 Å². The maximum Gasteiger partial charge on any atom is 0.142 e. The molecule has 0 spiro atoms. The highest BCUT2D eigenvalue weighted by molar-refractivity contribution is 6.08. The molecule has 0 aliphatic heterocycles. The third-order valence-electron chi connectivity index (χ3n) is 9.08. The van der Waals surface area contributed by atoms with E-state index in [0.717, 1.165) is 29.7 Å². The maximum absolute atomic E-state index is 6.39. The molecular weight excluding hydrogens is 520 g/mol.